The molecule has 0 bridgehead atoms. The Morgan fingerprint density at radius 3 is 2.48 bits per heavy atom. The normalized spacial score (nSPS) is 11.5. The van der Waals surface area contributed by atoms with Gasteiger partial charge in [0, 0.05) is 6.42 Å². The van der Waals surface area contributed by atoms with Crippen LogP contribution < -0.4 is 10.4 Å². The maximum absolute atomic E-state index is 12.2. The van der Waals surface area contributed by atoms with Crippen LogP contribution in [0.5, 0.6) is 5.75 Å². The lowest BCUT2D eigenvalue weighted by molar-refractivity contribution is -0.152. The first-order valence-corrected chi connectivity index (χ1v) is 10.9. The first-order valence-electron chi connectivity index (χ1n) is 10.1. The maximum atomic E-state index is 12.2. The number of halogens is 1. The fraction of sp³-hybridized carbons (Fsp3) is 0.348. The standard InChI is InChI=1S/C23H26BrN3O4/c1-15-7-9-17(10-8-15)14-27-22(30)25-20(26-27)6-4-5-16-11-12-19(18(24)13-16)31-23(2,3)21(28)29/h7-13H,4-6,14H2,1-3H3,(H,28,29)(H,25,26,30). The number of H-pyrrole nitrogens is 1. The fourth-order valence-electron chi connectivity index (χ4n) is 3.05. The van der Waals surface area contributed by atoms with E-state index in [9.17, 15) is 14.7 Å². The molecule has 0 radical (unpaired) electrons. The number of aryl methyl sites for hydroxylation is 3. The van der Waals surface area contributed by atoms with Crippen LogP contribution in [0.25, 0.3) is 0 Å². The average Bonchev–Trinajstić information content (AvgIpc) is 3.04. The summed E-state index contributed by atoms with van der Waals surface area (Å²) >= 11 is 3.45. The van der Waals surface area contributed by atoms with E-state index >= 15 is 0 Å². The van der Waals surface area contributed by atoms with Crippen molar-refractivity contribution in [2.24, 2.45) is 0 Å². The number of hydrogen-bond acceptors (Lipinski definition) is 4. The second kappa shape index (κ2) is 9.51. The topological polar surface area (TPSA) is 97.2 Å². The highest BCUT2D eigenvalue weighted by Crippen LogP contribution is 2.29. The van der Waals surface area contributed by atoms with E-state index in [2.05, 4.69) is 26.0 Å². The number of carbonyl (C=O) groups is 1. The van der Waals surface area contributed by atoms with E-state index in [1.807, 2.05) is 43.3 Å². The van der Waals surface area contributed by atoms with Crippen LogP contribution in [0, 0.1) is 6.92 Å². The predicted molar refractivity (Wildman–Crippen MR) is 122 cm³/mol. The van der Waals surface area contributed by atoms with Crippen molar-refractivity contribution < 1.29 is 14.6 Å². The highest BCUT2D eigenvalue weighted by atomic mass is 79.9. The van der Waals surface area contributed by atoms with E-state index in [1.54, 1.807) is 6.07 Å². The molecule has 164 valence electrons. The van der Waals surface area contributed by atoms with Crippen molar-refractivity contribution in [2.75, 3.05) is 0 Å². The number of carboxylic acids is 1. The van der Waals surface area contributed by atoms with Crippen LogP contribution >= 0.6 is 15.9 Å². The van der Waals surface area contributed by atoms with Crippen LogP contribution in [-0.4, -0.2) is 31.4 Å². The highest BCUT2D eigenvalue weighted by molar-refractivity contribution is 9.10. The van der Waals surface area contributed by atoms with Gasteiger partial charge in [-0.3, -0.25) is 4.98 Å². The minimum Gasteiger partial charge on any atom is -0.478 e. The molecule has 7 nitrogen and oxygen atoms in total. The van der Waals surface area contributed by atoms with Gasteiger partial charge in [0.2, 0.25) is 0 Å². The summed E-state index contributed by atoms with van der Waals surface area (Å²) in [5, 5.41) is 13.6. The van der Waals surface area contributed by atoms with Gasteiger partial charge in [0.05, 0.1) is 11.0 Å². The predicted octanol–water partition coefficient (Wildman–Crippen LogP) is 4.11. The molecular formula is C23H26BrN3O4. The number of ether oxygens (including phenoxy) is 1. The van der Waals surface area contributed by atoms with Gasteiger partial charge in [0.15, 0.2) is 5.60 Å². The summed E-state index contributed by atoms with van der Waals surface area (Å²) in [7, 11) is 0. The van der Waals surface area contributed by atoms with Crippen LogP contribution in [-0.2, 0) is 24.2 Å². The molecule has 0 atom stereocenters. The number of hydrogen-bond donors (Lipinski definition) is 2. The number of aliphatic carboxylic acids is 1. The molecule has 0 aliphatic rings. The van der Waals surface area contributed by atoms with Gasteiger partial charge >= 0.3 is 11.7 Å². The van der Waals surface area contributed by atoms with Crippen molar-refractivity contribution >= 4 is 21.9 Å². The third-order valence-electron chi connectivity index (χ3n) is 4.94. The van der Waals surface area contributed by atoms with Crippen LogP contribution in [0.4, 0.5) is 0 Å². The van der Waals surface area contributed by atoms with Gasteiger partial charge in [-0.1, -0.05) is 35.9 Å². The fourth-order valence-corrected chi connectivity index (χ4v) is 3.56. The molecule has 1 aromatic heterocycles. The summed E-state index contributed by atoms with van der Waals surface area (Å²) < 4.78 is 7.75. The van der Waals surface area contributed by atoms with E-state index in [4.69, 9.17) is 4.74 Å². The molecule has 1 heterocycles. The number of aromatic nitrogens is 3. The van der Waals surface area contributed by atoms with Gasteiger partial charge in [0.1, 0.15) is 11.6 Å². The summed E-state index contributed by atoms with van der Waals surface area (Å²) in [6.07, 6.45) is 2.25. The summed E-state index contributed by atoms with van der Waals surface area (Å²) in [6, 6.07) is 13.6. The summed E-state index contributed by atoms with van der Waals surface area (Å²) in [6.45, 7) is 5.48. The van der Waals surface area contributed by atoms with Crippen molar-refractivity contribution in [2.45, 2.75) is 52.2 Å². The second-order valence-electron chi connectivity index (χ2n) is 8.06. The molecule has 0 saturated carbocycles. The Kier molecular flexibility index (Phi) is 7.00. The smallest absolute Gasteiger partial charge is 0.347 e. The SMILES string of the molecule is Cc1ccc(Cn2nc(CCCc3ccc(OC(C)(C)C(=O)O)c(Br)c3)[nH]c2=O)cc1. The molecule has 0 aliphatic carbocycles. The maximum Gasteiger partial charge on any atom is 0.347 e. The molecule has 0 aliphatic heterocycles. The van der Waals surface area contributed by atoms with E-state index in [0.29, 0.717) is 29.0 Å². The van der Waals surface area contributed by atoms with Gasteiger partial charge in [-0.25, -0.2) is 14.3 Å². The van der Waals surface area contributed by atoms with Crippen molar-refractivity contribution in [3.05, 3.63) is 79.9 Å². The number of nitrogens with zero attached hydrogens (tertiary/aromatic N) is 2. The van der Waals surface area contributed by atoms with Gasteiger partial charge in [-0.05, 0) is 72.8 Å². The zero-order chi connectivity index (χ0) is 22.6. The van der Waals surface area contributed by atoms with Crippen LogP contribution in [0.3, 0.4) is 0 Å². The minimum absolute atomic E-state index is 0.208. The Labute approximate surface area is 189 Å². The summed E-state index contributed by atoms with van der Waals surface area (Å²) in [5.74, 6) is 0.119. The zero-order valence-corrected chi connectivity index (χ0v) is 19.4. The Balaban J connectivity index is 1.57. The molecule has 0 spiro atoms. The monoisotopic (exact) mass is 487 g/mol. The van der Waals surface area contributed by atoms with E-state index < -0.39 is 11.6 Å². The van der Waals surface area contributed by atoms with Gasteiger partial charge in [-0.2, -0.15) is 5.10 Å². The lowest BCUT2D eigenvalue weighted by Gasteiger charge is -2.22. The molecule has 0 saturated heterocycles. The zero-order valence-electron chi connectivity index (χ0n) is 17.8. The molecule has 3 aromatic rings. The van der Waals surface area contributed by atoms with Gasteiger partial charge in [0.25, 0.3) is 0 Å². The van der Waals surface area contributed by atoms with Crippen molar-refractivity contribution in [3.63, 3.8) is 0 Å². The molecule has 31 heavy (non-hydrogen) atoms. The molecule has 0 fully saturated rings. The molecule has 0 amide bonds. The Morgan fingerprint density at radius 1 is 1.16 bits per heavy atom. The summed E-state index contributed by atoms with van der Waals surface area (Å²) in [5.41, 5.74) is 1.77. The van der Waals surface area contributed by atoms with Crippen LogP contribution in [0.15, 0.2) is 51.7 Å². The molecule has 8 heteroatoms. The average molecular weight is 488 g/mol. The molecule has 2 aromatic carbocycles. The number of rotatable bonds is 9. The number of nitrogens with one attached hydrogen (secondary N) is 1. The Morgan fingerprint density at radius 2 is 1.84 bits per heavy atom. The van der Waals surface area contributed by atoms with E-state index in [1.165, 1.54) is 24.1 Å². The van der Waals surface area contributed by atoms with Gasteiger partial charge in [-0.15, -0.1) is 0 Å². The second-order valence-corrected chi connectivity index (χ2v) is 8.91. The number of aromatic amines is 1. The van der Waals surface area contributed by atoms with E-state index in [0.717, 1.165) is 24.0 Å². The van der Waals surface area contributed by atoms with Crippen LogP contribution in [0.2, 0.25) is 0 Å². The van der Waals surface area contributed by atoms with Crippen molar-refractivity contribution in [1.29, 1.82) is 0 Å². The number of carboxylic acid groups (broad SMARTS) is 1. The lowest BCUT2D eigenvalue weighted by Crippen LogP contribution is -2.37. The Bertz CT molecular complexity index is 1120. The first kappa shape index (κ1) is 22.8. The van der Waals surface area contributed by atoms with E-state index in [-0.39, 0.29) is 5.69 Å². The first-order chi connectivity index (χ1) is 14.6. The van der Waals surface area contributed by atoms with Crippen LogP contribution in [0.1, 0.15) is 42.8 Å². The third-order valence-corrected chi connectivity index (χ3v) is 5.56. The molecule has 2 N–H and O–H groups in total. The number of benzene rings is 2. The molecule has 0 unspecified atom stereocenters. The van der Waals surface area contributed by atoms with Crippen molar-refractivity contribution in [3.8, 4) is 5.75 Å². The Hall–Kier alpha value is -2.87. The highest BCUT2D eigenvalue weighted by Gasteiger charge is 2.30. The third kappa shape index (κ3) is 6.07. The van der Waals surface area contributed by atoms with Gasteiger partial charge < -0.3 is 9.84 Å². The largest absolute Gasteiger partial charge is 0.478 e. The molecule has 3 rings (SSSR count). The quantitative estimate of drug-likeness (QED) is 0.473. The molecular weight excluding hydrogens is 462 g/mol. The minimum atomic E-state index is -1.31. The summed E-state index contributed by atoms with van der Waals surface area (Å²) in [4.78, 5) is 26.3. The lowest BCUT2D eigenvalue weighted by atomic mass is 10.1. The van der Waals surface area contributed by atoms with Crippen molar-refractivity contribution in [1.82, 2.24) is 14.8 Å².